The van der Waals surface area contributed by atoms with Crippen LogP contribution >= 0.6 is 15.9 Å². The van der Waals surface area contributed by atoms with E-state index in [4.69, 9.17) is 9.97 Å². The summed E-state index contributed by atoms with van der Waals surface area (Å²) in [6, 6.07) is 59.4. The van der Waals surface area contributed by atoms with Crippen LogP contribution in [0.3, 0.4) is 0 Å². The second kappa shape index (κ2) is 13.9. The van der Waals surface area contributed by atoms with Crippen LogP contribution in [0, 0.1) is 0 Å². The van der Waals surface area contributed by atoms with Crippen molar-refractivity contribution in [2.45, 2.75) is 0 Å². The normalized spacial score (nSPS) is 12.1. The van der Waals surface area contributed by atoms with Crippen LogP contribution < -0.4 is 0 Å². The van der Waals surface area contributed by atoms with E-state index in [0.29, 0.717) is 0 Å². The molecule has 0 saturated carbocycles. The Morgan fingerprint density at radius 3 is 1.16 bits per heavy atom. The number of hydrogen-bond donors (Lipinski definition) is 2. The minimum atomic E-state index is 0.881. The van der Waals surface area contributed by atoms with Gasteiger partial charge in [0.2, 0.25) is 0 Å². The van der Waals surface area contributed by atoms with Gasteiger partial charge >= 0.3 is 0 Å². The smallest absolute Gasteiger partial charge is 0.0815 e. The molecule has 0 radical (unpaired) electrons. The molecule has 4 nitrogen and oxygen atoms in total. The van der Waals surface area contributed by atoms with Gasteiger partial charge in [-0.25, -0.2) is 9.97 Å². The van der Waals surface area contributed by atoms with Crippen molar-refractivity contribution in [1.29, 1.82) is 0 Å². The number of hydrogen-bond acceptors (Lipinski definition) is 2. The third-order valence-electron chi connectivity index (χ3n) is 10.3. The predicted molar refractivity (Wildman–Crippen MR) is 233 cm³/mol. The summed E-state index contributed by atoms with van der Waals surface area (Å²) in [4.78, 5) is 18.8. The van der Waals surface area contributed by atoms with E-state index < -0.39 is 0 Å². The van der Waals surface area contributed by atoms with Crippen LogP contribution in [0.5, 0.6) is 0 Å². The molecule has 0 spiro atoms. The number of nitrogens with zero attached hydrogens (tertiary/aromatic N) is 2. The monoisotopic (exact) mass is 768 g/mol. The first-order valence-corrected chi connectivity index (χ1v) is 19.1. The lowest BCUT2D eigenvalue weighted by Crippen LogP contribution is -1.92. The van der Waals surface area contributed by atoms with E-state index in [0.717, 1.165) is 105 Å². The van der Waals surface area contributed by atoms with Gasteiger partial charge in [-0.1, -0.05) is 149 Å². The van der Waals surface area contributed by atoms with E-state index in [2.05, 4.69) is 214 Å². The number of aromatic amines is 2. The number of aromatic nitrogens is 4. The molecule has 10 rings (SSSR count). The Morgan fingerprint density at radius 2 is 0.727 bits per heavy atom. The van der Waals surface area contributed by atoms with E-state index in [1.165, 1.54) is 0 Å². The van der Waals surface area contributed by atoms with Crippen LogP contribution in [-0.2, 0) is 0 Å². The Kier molecular flexibility index (Phi) is 8.27. The third kappa shape index (κ3) is 6.05. The lowest BCUT2D eigenvalue weighted by molar-refractivity contribution is 1.30. The van der Waals surface area contributed by atoms with Crippen molar-refractivity contribution in [1.82, 2.24) is 19.9 Å². The predicted octanol–water partition coefficient (Wildman–Crippen LogP) is 13.5. The fourth-order valence-electron chi connectivity index (χ4n) is 7.76. The zero-order valence-corrected chi connectivity index (χ0v) is 31.3. The van der Waals surface area contributed by atoms with Crippen LogP contribution in [0.25, 0.3) is 90.4 Å². The molecule has 2 aliphatic rings. The van der Waals surface area contributed by atoms with Crippen molar-refractivity contribution in [3.63, 3.8) is 0 Å². The third-order valence-corrected chi connectivity index (χ3v) is 10.8. The van der Waals surface area contributed by atoms with Gasteiger partial charge in [0.15, 0.2) is 0 Å². The molecule has 5 heterocycles. The van der Waals surface area contributed by atoms with E-state index >= 15 is 0 Å². The molecule has 0 fully saturated rings. The molecule has 5 aromatic carbocycles. The highest BCUT2D eigenvalue weighted by molar-refractivity contribution is 9.10. The molecule has 0 amide bonds. The van der Waals surface area contributed by atoms with Crippen molar-refractivity contribution >= 4 is 61.8 Å². The average Bonchev–Trinajstić information content (AvgIpc) is 4.07. The van der Waals surface area contributed by atoms with Crippen molar-refractivity contribution < 1.29 is 0 Å². The molecule has 55 heavy (non-hydrogen) atoms. The summed E-state index contributed by atoms with van der Waals surface area (Å²) in [7, 11) is 0. The highest BCUT2D eigenvalue weighted by Crippen LogP contribution is 2.42. The Labute approximate surface area is 327 Å². The van der Waals surface area contributed by atoms with Gasteiger partial charge < -0.3 is 9.97 Å². The van der Waals surface area contributed by atoms with E-state index in [1.54, 1.807) is 0 Å². The molecule has 260 valence electrons. The summed E-state index contributed by atoms with van der Waals surface area (Å²) in [5, 5.41) is 0. The number of H-pyrrole nitrogens is 2. The summed E-state index contributed by atoms with van der Waals surface area (Å²) in [6.45, 7) is 0. The lowest BCUT2D eigenvalue weighted by Gasteiger charge is -2.10. The first-order chi connectivity index (χ1) is 27.2. The number of nitrogens with one attached hydrogen (secondary N) is 2. The van der Waals surface area contributed by atoms with Crippen LogP contribution in [0.4, 0.5) is 0 Å². The molecule has 0 saturated heterocycles. The Bertz CT molecular complexity index is 2940. The number of halogens is 1. The van der Waals surface area contributed by atoms with Crippen molar-refractivity contribution in [3.05, 3.63) is 203 Å². The fourth-order valence-corrected chi connectivity index (χ4v) is 8.03. The quantitative estimate of drug-likeness (QED) is 0.183. The van der Waals surface area contributed by atoms with Gasteiger partial charge in [0.25, 0.3) is 0 Å². The highest BCUT2D eigenvalue weighted by Gasteiger charge is 2.23. The molecule has 8 bridgehead atoms. The van der Waals surface area contributed by atoms with Gasteiger partial charge in [-0.2, -0.15) is 0 Å². The van der Waals surface area contributed by atoms with E-state index in [9.17, 15) is 0 Å². The molecule has 0 unspecified atom stereocenters. The van der Waals surface area contributed by atoms with Crippen molar-refractivity contribution in [3.8, 4) is 44.5 Å². The average molecular weight is 770 g/mol. The number of fused-ring (bicyclic) bond motifs is 8. The summed E-state index contributed by atoms with van der Waals surface area (Å²) in [6.07, 6.45) is 6.53. The van der Waals surface area contributed by atoms with E-state index in [-0.39, 0.29) is 0 Å². The molecule has 0 aliphatic carbocycles. The minimum absolute atomic E-state index is 0.881. The molecule has 3 aromatic heterocycles. The summed E-state index contributed by atoms with van der Waals surface area (Å²) < 4.78 is 1.03. The molecule has 0 atom stereocenters. The van der Waals surface area contributed by atoms with Crippen LogP contribution in [0.2, 0.25) is 0 Å². The summed E-state index contributed by atoms with van der Waals surface area (Å²) >= 11 is 3.67. The summed E-state index contributed by atoms with van der Waals surface area (Å²) in [5.41, 5.74) is 18.0. The first kappa shape index (κ1) is 32.8. The van der Waals surface area contributed by atoms with Crippen LogP contribution in [0.1, 0.15) is 28.3 Å². The number of rotatable bonds is 5. The largest absolute Gasteiger partial charge is 0.354 e. The van der Waals surface area contributed by atoms with Crippen LogP contribution in [-0.4, -0.2) is 19.9 Å². The maximum Gasteiger partial charge on any atom is 0.0815 e. The zero-order valence-electron chi connectivity index (χ0n) is 29.7. The Balaban J connectivity index is 1.43. The maximum atomic E-state index is 5.64. The van der Waals surface area contributed by atoms with Gasteiger partial charge in [-0.3, -0.25) is 0 Å². The molecular weight excluding hydrogens is 736 g/mol. The van der Waals surface area contributed by atoms with Gasteiger partial charge in [0.05, 0.1) is 22.8 Å². The van der Waals surface area contributed by atoms with E-state index in [1.807, 2.05) is 0 Å². The molecular formula is C50H33BrN4. The SMILES string of the molecule is Brc1ccc(C2=Cc3nc2c(-c2ccccc2)c2ccc([nH]2)c(-c2ccccc2)c2nc(c(-c4ccccc4)c4ccc([nH]4)c3-c3ccccc3)C=C2)cc1. The standard InChI is InChI=1S/C50H33BrN4/c51-37-23-21-32(22-24-37)38-31-45-48(35-17-9-3-10-18-35)43-28-27-41(53-43)46(33-13-5-1-6-14-33)39-25-26-40(52-39)47(34-15-7-2-8-16-34)42-29-30-44(54-42)49(50(38)55-45)36-19-11-4-12-20-36/h1-31,53-54H. The number of benzene rings is 5. The van der Waals surface area contributed by atoms with Gasteiger partial charge in [0, 0.05) is 54.4 Å². The Hall–Kier alpha value is -6.82. The second-order valence-electron chi connectivity index (χ2n) is 13.7. The Morgan fingerprint density at radius 1 is 0.345 bits per heavy atom. The molecule has 2 aliphatic heterocycles. The lowest BCUT2D eigenvalue weighted by atomic mass is 9.95. The van der Waals surface area contributed by atoms with Gasteiger partial charge in [0.1, 0.15) is 0 Å². The zero-order chi connectivity index (χ0) is 36.7. The fraction of sp³-hybridized carbons (Fsp3) is 0. The maximum absolute atomic E-state index is 5.64. The van der Waals surface area contributed by atoms with Gasteiger partial charge in [-0.05, 0) is 82.4 Å². The minimum Gasteiger partial charge on any atom is -0.354 e. The summed E-state index contributed by atoms with van der Waals surface area (Å²) in [5.74, 6) is 0. The molecule has 2 N–H and O–H groups in total. The van der Waals surface area contributed by atoms with Crippen molar-refractivity contribution in [2.75, 3.05) is 0 Å². The molecule has 5 heteroatoms. The van der Waals surface area contributed by atoms with Crippen LogP contribution in [0.15, 0.2) is 174 Å². The first-order valence-electron chi connectivity index (χ1n) is 18.4. The highest BCUT2D eigenvalue weighted by atomic mass is 79.9. The van der Waals surface area contributed by atoms with Crippen molar-refractivity contribution in [2.24, 2.45) is 0 Å². The molecule has 8 aromatic rings. The second-order valence-corrected chi connectivity index (χ2v) is 14.6. The topological polar surface area (TPSA) is 57.4 Å². The van der Waals surface area contributed by atoms with Gasteiger partial charge in [-0.15, -0.1) is 0 Å².